The fourth-order valence-electron chi connectivity index (χ4n) is 3.81. The van der Waals surface area contributed by atoms with E-state index < -0.39 is 10.0 Å². The van der Waals surface area contributed by atoms with E-state index in [0.29, 0.717) is 18.1 Å². The van der Waals surface area contributed by atoms with Gasteiger partial charge in [0.1, 0.15) is 0 Å². The third-order valence-electron chi connectivity index (χ3n) is 5.41. The summed E-state index contributed by atoms with van der Waals surface area (Å²) >= 11 is 1.43. The molecule has 30 heavy (non-hydrogen) atoms. The number of amides is 1. The van der Waals surface area contributed by atoms with Crippen LogP contribution < -0.4 is 5.32 Å². The smallest absolute Gasteiger partial charge is 0.243 e. The highest BCUT2D eigenvalue weighted by molar-refractivity contribution is 7.89. The first-order chi connectivity index (χ1) is 14.3. The molecule has 158 valence electrons. The second-order valence-electron chi connectivity index (χ2n) is 7.82. The Morgan fingerprint density at radius 3 is 2.63 bits per heavy atom. The number of rotatable bonds is 5. The maximum Gasteiger partial charge on any atom is 0.243 e. The SMILES string of the molecule is Cc1ccc(S(=O)(=O)N2CCCC[C@H]2CC(=O)Nc2nc3ccc(C)cc3s2)cc1. The van der Waals surface area contributed by atoms with Crippen molar-refractivity contribution in [3.8, 4) is 0 Å². The van der Waals surface area contributed by atoms with Crippen LogP contribution in [-0.4, -0.2) is 36.2 Å². The number of anilines is 1. The highest BCUT2D eigenvalue weighted by Crippen LogP contribution is 2.29. The van der Waals surface area contributed by atoms with E-state index in [1.807, 2.05) is 32.0 Å². The first kappa shape index (κ1) is 21.0. The molecule has 2 heterocycles. The zero-order valence-corrected chi connectivity index (χ0v) is 18.7. The Hall–Kier alpha value is -2.29. The van der Waals surface area contributed by atoms with Gasteiger partial charge in [-0.15, -0.1) is 0 Å². The molecule has 1 saturated heterocycles. The Bertz CT molecular complexity index is 1170. The molecule has 3 aromatic rings. The van der Waals surface area contributed by atoms with Crippen LogP contribution in [-0.2, 0) is 14.8 Å². The van der Waals surface area contributed by atoms with Gasteiger partial charge in [-0.2, -0.15) is 4.31 Å². The van der Waals surface area contributed by atoms with Gasteiger partial charge in [0, 0.05) is 19.0 Å². The van der Waals surface area contributed by atoms with Gasteiger partial charge in [-0.1, -0.05) is 41.5 Å². The van der Waals surface area contributed by atoms with Crippen molar-refractivity contribution in [3.05, 3.63) is 53.6 Å². The maximum absolute atomic E-state index is 13.2. The van der Waals surface area contributed by atoms with Crippen molar-refractivity contribution in [1.82, 2.24) is 9.29 Å². The Morgan fingerprint density at radius 2 is 1.87 bits per heavy atom. The van der Waals surface area contributed by atoms with E-state index >= 15 is 0 Å². The van der Waals surface area contributed by atoms with Crippen molar-refractivity contribution < 1.29 is 13.2 Å². The summed E-state index contributed by atoms with van der Waals surface area (Å²) in [4.78, 5) is 17.5. The number of hydrogen-bond acceptors (Lipinski definition) is 5. The third-order valence-corrected chi connectivity index (χ3v) is 8.31. The summed E-state index contributed by atoms with van der Waals surface area (Å²) in [7, 11) is -3.63. The van der Waals surface area contributed by atoms with E-state index in [1.165, 1.54) is 15.6 Å². The van der Waals surface area contributed by atoms with Crippen LogP contribution >= 0.6 is 11.3 Å². The molecule has 0 bridgehead atoms. The number of benzene rings is 2. The molecule has 1 aromatic heterocycles. The van der Waals surface area contributed by atoms with Crippen molar-refractivity contribution in [2.24, 2.45) is 0 Å². The highest BCUT2D eigenvalue weighted by atomic mass is 32.2. The molecule has 1 amide bonds. The molecular weight excluding hydrogens is 418 g/mol. The predicted octanol–water partition coefficient (Wildman–Crippen LogP) is 4.49. The van der Waals surface area contributed by atoms with E-state index in [0.717, 1.165) is 34.2 Å². The second kappa shape index (κ2) is 8.45. The first-order valence-electron chi connectivity index (χ1n) is 10.1. The number of carbonyl (C=O) groups is 1. The first-order valence-corrected chi connectivity index (χ1v) is 12.3. The fraction of sp³-hybridized carbons (Fsp3) is 0.364. The van der Waals surface area contributed by atoms with Gasteiger partial charge in [0.05, 0.1) is 15.1 Å². The van der Waals surface area contributed by atoms with Gasteiger partial charge in [0.2, 0.25) is 15.9 Å². The summed E-state index contributed by atoms with van der Waals surface area (Å²) in [6, 6.07) is 12.5. The van der Waals surface area contributed by atoms with Crippen LogP contribution in [0.5, 0.6) is 0 Å². The molecule has 6 nitrogen and oxygen atoms in total. The normalized spacial score (nSPS) is 17.9. The van der Waals surface area contributed by atoms with Gasteiger partial charge in [0.15, 0.2) is 5.13 Å². The minimum atomic E-state index is -3.63. The lowest BCUT2D eigenvalue weighted by molar-refractivity contribution is -0.117. The molecule has 0 radical (unpaired) electrons. The molecule has 1 fully saturated rings. The van der Waals surface area contributed by atoms with Gasteiger partial charge >= 0.3 is 0 Å². The van der Waals surface area contributed by atoms with Gasteiger partial charge in [-0.3, -0.25) is 4.79 Å². The van der Waals surface area contributed by atoms with Crippen LogP contribution in [0, 0.1) is 13.8 Å². The van der Waals surface area contributed by atoms with E-state index in [1.54, 1.807) is 24.3 Å². The molecule has 2 aromatic carbocycles. The van der Waals surface area contributed by atoms with Crippen molar-refractivity contribution >= 4 is 42.6 Å². The fourth-order valence-corrected chi connectivity index (χ4v) is 6.48. The zero-order valence-electron chi connectivity index (χ0n) is 17.1. The lowest BCUT2D eigenvalue weighted by atomic mass is 10.0. The number of aromatic nitrogens is 1. The van der Waals surface area contributed by atoms with Crippen LogP contribution in [0.1, 0.15) is 36.8 Å². The van der Waals surface area contributed by atoms with Gasteiger partial charge < -0.3 is 5.32 Å². The van der Waals surface area contributed by atoms with Crippen LogP contribution in [0.4, 0.5) is 5.13 Å². The molecular formula is C22H25N3O3S2. The molecule has 0 spiro atoms. The molecule has 0 aliphatic carbocycles. The number of thiazole rings is 1. The van der Waals surface area contributed by atoms with Gasteiger partial charge in [0.25, 0.3) is 0 Å². The lowest BCUT2D eigenvalue weighted by Crippen LogP contribution is -2.45. The molecule has 0 unspecified atom stereocenters. The summed E-state index contributed by atoms with van der Waals surface area (Å²) < 4.78 is 28.9. The van der Waals surface area contributed by atoms with Crippen LogP contribution in [0.25, 0.3) is 10.2 Å². The van der Waals surface area contributed by atoms with Crippen molar-refractivity contribution in [2.75, 3.05) is 11.9 Å². The Balaban J connectivity index is 1.49. The van der Waals surface area contributed by atoms with Crippen LogP contribution in [0.15, 0.2) is 47.4 Å². The van der Waals surface area contributed by atoms with Crippen molar-refractivity contribution in [3.63, 3.8) is 0 Å². The molecule has 1 aliphatic heterocycles. The van der Waals surface area contributed by atoms with Crippen molar-refractivity contribution in [1.29, 1.82) is 0 Å². The van der Waals surface area contributed by atoms with E-state index in [-0.39, 0.29) is 23.3 Å². The number of piperidine rings is 1. The van der Waals surface area contributed by atoms with Gasteiger partial charge in [-0.05, 0) is 56.5 Å². The number of nitrogens with one attached hydrogen (secondary N) is 1. The summed E-state index contributed by atoms with van der Waals surface area (Å²) in [6.45, 7) is 4.38. The number of sulfonamides is 1. The Morgan fingerprint density at radius 1 is 1.13 bits per heavy atom. The largest absolute Gasteiger partial charge is 0.302 e. The third kappa shape index (κ3) is 4.40. The number of carbonyl (C=O) groups excluding carboxylic acids is 1. The number of fused-ring (bicyclic) bond motifs is 1. The van der Waals surface area contributed by atoms with Crippen LogP contribution in [0.2, 0.25) is 0 Å². The quantitative estimate of drug-likeness (QED) is 0.630. The summed E-state index contributed by atoms with van der Waals surface area (Å²) in [5.41, 5.74) is 3.00. The highest BCUT2D eigenvalue weighted by Gasteiger charge is 2.34. The minimum absolute atomic E-state index is 0.125. The van der Waals surface area contributed by atoms with E-state index in [9.17, 15) is 13.2 Å². The molecule has 1 atom stereocenters. The minimum Gasteiger partial charge on any atom is -0.302 e. The lowest BCUT2D eigenvalue weighted by Gasteiger charge is -2.34. The Labute approximate surface area is 181 Å². The predicted molar refractivity (Wildman–Crippen MR) is 120 cm³/mol. The molecule has 1 N–H and O–H groups in total. The van der Waals surface area contributed by atoms with Gasteiger partial charge in [-0.25, -0.2) is 13.4 Å². The standard InChI is InChI=1S/C22H25N3O3S2/c1-15-6-9-18(10-7-15)30(27,28)25-12-4-3-5-17(25)14-21(26)24-22-23-19-11-8-16(2)13-20(19)29-22/h6-11,13,17H,3-5,12,14H2,1-2H3,(H,23,24,26)/t17-/m0/s1. The second-order valence-corrected chi connectivity index (χ2v) is 10.7. The summed E-state index contributed by atoms with van der Waals surface area (Å²) in [5, 5.41) is 3.41. The maximum atomic E-state index is 13.2. The summed E-state index contributed by atoms with van der Waals surface area (Å²) in [5.74, 6) is -0.207. The van der Waals surface area contributed by atoms with E-state index in [4.69, 9.17) is 0 Å². The summed E-state index contributed by atoms with van der Waals surface area (Å²) in [6.07, 6.45) is 2.52. The number of aryl methyl sites for hydroxylation is 2. The Kier molecular flexibility index (Phi) is 5.90. The topological polar surface area (TPSA) is 79.4 Å². The molecule has 4 rings (SSSR count). The molecule has 1 aliphatic rings. The molecule has 8 heteroatoms. The average Bonchev–Trinajstić information content (AvgIpc) is 3.09. The van der Waals surface area contributed by atoms with Crippen molar-refractivity contribution in [2.45, 2.75) is 50.5 Å². The monoisotopic (exact) mass is 443 g/mol. The average molecular weight is 444 g/mol. The number of hydrogen-bond donors (Lipinski definition) is 1. The molecule has 0 saturated carbocycles. The van der Waals surface area contributed by atoms with Crippen LogP contribution in [0.3, 0.4) is 0 Å². The zero-order chi connectivity index (χ0) is 21.3. The number of nitrogens with zero attached hydrogens (tertiary/aromatic N) is 2. The van der Waals surface area contributed by atoms with E-state index in [2.05, 4.69) is 10.3 Å².